The molecule has 0 aromatic carbocycles. The Labute approximate surface area is 115 Å². The minimum Gasteiger partial charge on any atom is -0.390 e. The smallest absolute Gasteiger partial charge is 0.0664 e. The van der Waals surface area contributed by atoms with Crippen molar-refractivity contribution in [2.24, 2.45) is 0 Å². The highest BCUT2D eigenvalue weighted by atomic mass is 32.1. The van der Waals surface area contributed by atoms with Gasteiger partial charge >= 0.3 is 0 Å². The lowest BCUT2D eigenvalue weighted by Gasteiger charge is -2.26. The first-order valence-corrected chi connectivity index (χ1v) is 8.07. The number of thiophene rings is 1. The molecule has 1 N–H and O–H groups in total. The number of nitrogens with zero attached hydrogens (tertiary/aromatic N) is 1. The van der Waals surface area contributed by atoms with Gasteiger partial charge in [0.05, 0.1) is 5.60 Å². The molecule has 2 rings (SSSR count). The summed E-state index contributed by atoms with van der Waals surface area (Å²) in [6.07, 6.45) is 6.22. The molecule has 1 saturated heterocycles. The summed E-state index contributed by atoms with van der Waals surface area (Å²) >= 11 is 1.80. The average molecular weight is 267 g/mol. The molecule has 18 heavy (non-hydrogen) atoms. The summed E-state index contributed by atoms with van der Waals surface area (Å²) in [4.78, 5) is 3.90. The molecular weight excluding hydrogens is 242 g/mol. The van der Waals surface area contributed by atoms with Crippen LogP contribution >= 0.6 is 11.3 Å². The normalized spacial score (nSPS) is 26.1. The maximum Gasteiger partial charge on any atom is 0.0664 e. The molecule has 1 atom stereocenters. The quantitative estimate of drug-likeness (QED) is 0.885. The summed E-state index contributed by atoms with van der Waals surface area (Å²) in [6, 6.07) is 4.27. The Balaban J connectivity index is 1.83. The number of aryl methyl sites for hydroxylation is 1. The lowest BCUT2D eigenvalue weighted by atomic mass is 9.89. The van der Waals surface area contributed by atoms with Crippen LogP contribution in [-0.4, -0.2) is 35.2 Å². The van der Waals surface area contributed by atoms with Gasteiger partial charge in [0, 0.05) is 11.4 Å². The fourth-order valence-electron chi connectivity index (χ4n) is 2.84. The number of hydrogen-bond acceptors (Lipinski definition) is 3. The van der Waals surface area contributed by atoms with Crippen molar-refractivity contribution in [2.45, 2.75) is 51.0 Å². The van der Waals surface area contributed by atoms with E-state index in [1.807, 2.05) is 0 Å². The van der Waals surface area contributed by atoms with E-state index >= 15 is 0 Å². The van der Waals surface area contributed by atoms with Gasteiger partial charge in [0.25, 0.3) is 0 Å². The zero-order valence-corrected chi connectivity index (χ0v) is 12.2. The molecule has 2 heterocycles. The second-order valence-corrected chi connectivity index (χ2v) is 6.53. The highest BCUT2D eigenvalue weighted by molar-refractivity contribution is 7.09. The minimum absolute atomic E-state index is 0.424. The first-order chi connectivity index (χ1) is 8.72. The van der Waals surface area contributed by atoms with Crippen molar-refractivity contribution in [1.29, 1.82) is 0 Å². The molecule has 3 heteroatoms. The van der Waals surface area contributed by atoms with Crippen LogP contribution in [0.15, 0.2) is 17.5 Å². The van der Waals surface area contributed by atoms with E-state index in [0.717, 1.165) is 45.2 Å². The summed E-state index contributed by atoms with van der Waals surface area (Å²) in [5.74, 6) is 0. The Morgan fingerprint density at radius 3 is 3.00 bits per heavy atom. The second-order valence-electron chi connectivity index (χ2n) is 5.50. The van der Waals surface area contributed by atoms with Crippen molar-refractivity contribution in [3.8, 4) is 0 Å². The van der Waals surface area contributed by atoms with E-state index in [9.17, 15) is 5.11 Å². The molecule has 0 aliphatic carbocycles. The summed E-state index contributed by atoms with van der Waals surface area (Å²) in [5.41, 5.74) is -0.424. The maximum absolute atomic E-state index is 10.7. The Bertz CT molecular complexity index is 338. The average Bonchev–Trinajstić information content (AvgIpc) is 2.81. The van der Waals surface area contributed by atoms with Gasteiger partial charge in [0.15, 0.2) is 0 Å². The van der Waals surface area contributed by atoms with Crippen LogP contribution in [0.5, 0.6) is 0 Å². The third-order valence-corrected chi connectivity index (χ3v) is 4.90. The molecule has 1 aromatic heterocycles. The molecule has 1 aliphatic heterocycles. The van der Waals surface area contributed by atoms with Crippen molar-refractivity contribution in [3.63, 3.8) is 0 Å². The van der Waals surface area contributed by atoms with Gasteiger partial charge in [-0.2, -0.15) is 0 Å². The van der Waals surface area contributed by atoms with Gasteiger partial charge in [-0.25, -0.2) is 0 Å². The fraction of sp³-hybridized carbons (Fsp3) is 0.733. The topological polar surface area (TPSA) is 23.5 Å². The van der Waals surface area contributed by atoms with Crippen LogP contribution in [0.25, 0.3) is 0 Å². The zero-order chi connectivity index (χ0) is 12.8. The second kappa shape index (κ2) is 6.69. The van der Waals surface area contributed by atoms with Gasteiger partial charge < -0.3 is 10.0 Å². The van der Waals surface area contributed by atoms with E-state index < -0.39 is 5.60 Å². The Hall–Kier alpha value is -0.380. The minimum atomic E-state index is -0.424. The van der Waals surface area contributed by atoms with Gasteiger partial charge in [-0.3, -0.25) is 0 Å². The molecule has 102 valence electrons. The van der Waals surface area contributed by atoms with Crippen LogP contribution < -0.4 is 0 Å². The van der Waals surface area contributed by atoms with Crippen molar-refractivity contribution in [3.05, 3.63) is 22.4 Å². The van der Waals surface area contributed by atoms with E-state index in [2.05, 4.69) is 29.3 Å². The van der Waals surface area contributed by atoms with E-state index in [-0.39, 0.29) is 0 Å². The van der Waals surface area contributed by atoms with Gasteiger partial charge in [-0.1, -0.05) is 13.0 Å². The number of hydrogen-bond donors (Lipinski definition) is 1. The highest BCUT2D eigenvalue weighted by Crippen LogP contribution is 2.28. The first-order valence-electron chi connectivity index (χ1n) is 7.19. The molecule has 1 aliphatic rings. The Morgan fingerprint density at radius 2 is 2.28 bits per heavy atom. The lowest BCUT2D eigenvalue weighted by Crippen LogP contribution is -2.32. The van der Waals surface area contributed by atoms with Crippen LogP contribution in [0, 0.1) is 0 Å². The van der Waals surface area contributed by atoms with Crippen LogP contribution in [0.2, 0.25) is 0 Å². The van der Waals surface area contributed by atoms with E-state index in [0.29, 0.717) is 0 Å². The summed E-state index contributed by atoms with van der Waals surface area (Å²) in [5, 5.41) is 12.8. The Kier molecular flexibility index (Phi) is 5.22. The van der Waals surface area contributed by atoms with E-state index in [1.54, 1.807) is 11.3 Å². The molecule has 0 bridgehead atoms. The zero-order valence-electron chi connectivity index (χ0n) is 11.4. The van der Waals surface area contributed by atoms with Crippen LogP contribution in [0.4, 0.5) is 0 Å². The van der Waals surface area contributed by atoms with Crippen molar-refractivity contribution >= 4 is 11.3 Å². The van der Waals surface area contributed by atoms with Crippen LogP contribution in [0.1, 0.15) is 43.9 Å². The maximum atomic E-state index is 10.7. The highest BCUT2D eigenvalue weighted by Gasteiger charge is 2.29. The van der Waals surface area contributed by atoms with Crippen molar-refractivity contribution in [2.75, 3.05) is 19.6 Å². The van der Waals surface area contributed by atoms with E-state index in [4.69, 9.17) is 0 Å². The number of rotatable bonds is 5. The monoisotopic (exact) mass is 267 g/mol. The van der Waals surface area contributed by atoms with Gasteiger partial charge in [0.2, 0.25) is 0 Å². The molecule has 1 unspecified atom stereocenters. The third kappa shape index (κ3) is 4.08. The molecule has 0 spiro atoms. The molecule has 0 saturated carbocycles. The molecule has 0 amide bonds. The standard InChI is InChI=1S/C15H25NOS/c1-2-10-16-11-4-7-15(17,9-12-16)8-6-14-5-3-13-18-14/h3,5,13,17H,2,4,6-12H2,1H3. The van der Waals surface area contributed by atoms with E-state index in [1.165, 1.54) is 17.8 Å². The van der Waals surface area contributed by atoms with Crippen molar-refractivity contribution < 1.29 is 5.11 Å². The third-order valence-electron chi connectivity index (χ3n) is 3.97. The largest absolute Gasteiger partial charge is 0.390 e. The summed E-state index contributed by atoms with van der Waals surface area (Å²) < 4.78 is 0. The molecule has 2 nitrogen and oxygen atoms in total. The predicted octanol–water partition coefficient (Wildman–Crippen LogP) is 3.31. The molecule has 0 radical (unpaired) electrons. The predicted molar refractivity (Wildman–Crippen MR) is 78.2 cm³/mol. The van der Waals surface area contributed by atoms with Gasteiger partial charge in [-0.15, -0.1) is 11.3 Å². The van der Waals surface area contributed by atoms with Crippen LogP contribution in [0.3, 0.4) is 0 Å². The SMILES string of the molecule is CCCN1CCCC(O)(CCc2cccs2)CC1. The lowest BCUT2D eigenvalue weighted by molar-refractivity contribution is 0.0174. The number of aliphatic hydroxyl groups is 1. The van der Waals surface area contributed by atoms with Gasteiger partial charge in [-0.05, 0) is 63.1 Å². The summed E-state index contributed by atoms with van der Waals surface area (Å²) in [7, 11) is 0. The molecule has 1 aromatic rings. The molecule has 1 fully saturated rings. The molecular formula is C15H25NOS. The first kappa shape index (κ1) is 14.0. The van der Waals surface area contributed by atoms with Crippen molar-refractivity contribution in [1.82, 2.24) is 4.90 Å². The van der Waals surface area contributed by atoms with Crippen LogP contribution in [-0.2, 0) is 6.42 Å². The number of likely N-dealkylation sites (tertiary alicyclic amines) is 1. The fourth-order valence-corrected chi connectivity index (χ4v) is 3.54. The Morgan fingerprint density at radius 1 is 1.39 bits per heavy atom. The summed E-state index contributed by atoms with van der Waals surface area (Å²) in [6.45, 7) is 5.64. The van der Waals surface area contributed by atoms with Gasteiger partial charge in [0.1, 0.15) is 0 Å².